The minimum atomic E-state index is -3.29. The maximum absolute atomic E-state index is 11.9. The van der Waals surface area contributed by atoms with Crippen molar-refractivity contribution in [2.24, 2.45) is 0 Å². The van der Waals surface area contributed by atoms with Gasteiger partial charge in [0.05, 0.1) is 12.3 Å². The van der Waals surface area contributed by atoms with Crippen molar-refractivity contribution in [3.05, 3.63) is 29.8 Å². The molecule has 22 heavy (non-hydrogen) atoms. The molecule has 0 bridgehead atoms. The number of ether oxygens (including phenoxy) is 1. The van der Waals surface area contributed by atoms with Crippen LogP contribution in [0.1, 0.15) is 25.8 Å². The first-order valence-corrected chi connectivity index (χ1v) is 9.14. The fraction of sp³-hybridized carbons (Fsp3) is 0.533. The summed E-state index contributed by atoms with van der Waals surface area (Å²) in [6.45, 7) is 4.32. The molecule has 1 aromatic carbocycles. The highest BCUT2D eigenvalue weighted by Crippen LogP contribution is 2.22. The van der Waals surface area contributed by atoms with Crippen molar-refractivity contribution in [3.8, 4) is 0 Å². The number of hydrogen-bond donors (Lipinski definition) is 1. The van der Waals surface area contributed by atoms with Crippen molar-refractivity contribution < 1.29 is 17.9 Å². The molecular formula is C15H22N2O4S. The highest BCUT2D eigenvalue weighted by atomic mass is 32.2. The van der Waals surface area contributed by atoms with Gasteiger partial charge in [-0.05, 0) is 30.5 Å². The number of sulfonamides is 1. The summed E-state index contributed by atoms with van der Waals surface area (Å²) in [4.78, 5) is 13.4. The monoisotopic (exact) mass is 326 g/mol. The van der Waals surface area contributed by atoms with Gasteiger partial charge in [0, 0.05) is 12.2 Å². The van der Waals surface area contributed by atoms with Gasteiger partial charge >= 0.3 is 6.09 Å². The quantitative estimate of drug-likeness (QED) is 0.830. The van der Waals surface area contributed by atoms with E-state index in [2.05, 4.69) is 11.6 Å². The Bertz CT molecular complexity index is 613. The number of anilines is 1. The molecule has 0 aromatic heterocycles. The lowest BCUT2D eigenvalue weighted by molar-refractivity contribution is 0.143. The minimum Gasteiger partial charge on any atom is -0.443 e. The van der Waals surface area contributed by atoms with Crippen LogP contribution in [0.5, 0.6) is 0 Å². The lowest BCUT2D eigenvalue weighted by Gasteiger charge is -2.13. The predicted molar refractivity (Wildman–Crippen MR) is 85.5 cm³/mol. The van der Waals surface area contributed by atoms with Gasteiger partial charge in [-0.3, -0.25) is 4.90 Å². The predicted octanol–water partition coefficient (Wildman–Crippen LogP) is 1.90. The van der Waals surface area contributed by atoms with E-state index in [-0.39, 0.29) is 12.3 Å². The number of carbonyl (C=O) groups is 1. The molecule has 0 aliphatic carbocycles. The zero-order chi connectivity index (χ0) is 16.2. The van der Waals surface area contributed by atoms with Crippen LogP contribution in [0.2, 0.25) is 0 Å². The van der Waals surface area contributed by atoms with Crippen LogP contribution in [-0.2, 0) is 21.2 Å². The van der Waals surface area contributed by atoms with Gasteiger partial charge in [0.25, 0.3) is 0 Å². The van der Waals surface area contributed by atoms with E-state index in [0.717, 1.165) is 12.1 Å². The molecule has 0 spiro atoms. The fourth-order valence-electron chi connectivity index (χ4n) is 2.31. The number of cyclic esters (lactones) is 1. The molecule has 1 N–H and O–H groups in total. The van der Waals surface area contributed by atoms with Crippen molar-refractivity contribution in [1.82, 2.24) is 4.72 Å². The molecule has 1 heterocycles. The van der Waals surface area contributed by atoms with Crippen LogP contribution in [0.3, 0.4) is 0 Å². The molecule has 0 saturated carbocycles. The third-order valence-electron chi connectivity index (χ3n) is 3.53. The molecule has 122 valence electrons. The van der Waals surface area contributed by atoms with E-state index in [1.54, 1.807) is 6.92 Å². The highest BCUT2D eigenvalue weighted by molar-refractivity contribution is 7.89. The van der Waals surface area contributed by atoms with E-state index in [1.165, 1.54) is 10.5 Å². The highest BCUT2D eigenvalue weighted by Gasteiger charge is 2.32. The lowest BCUT2D eigenvalue weighted by atomic mass is 10.1. The Balaban J connectivity index is 1.95. The Labute approximate surface area is 131 Å². The molecule has 2 rings (SSSR count). The number of aryl methyl sites for hydroxylation is 1. The van der Waals surface area contributed by atoms with Crippen LogP contribution < -0.4 is 9.62 Å². The van der Waals surface area contributed by atoms with Crippen LogP contribution in [0.25, 0.3) is 0 Å². The SMILES string of the molecule is CCCS(=O)(=O)NCC1CN(c2ccc(CC)cc2)C(=O)O1. The maximum atomic E-state index is 11.9. The molecule has 1 atom stereocenters. The topological polar surface area (TPSA) is 75.7 Å². The van der Waals surface area contributed by atoms with E-state index in [1.807, 2.05) is 24.3 Å². The first-order chi connectivity index (χ1) is 10.4. The molecule has 0 radical (unpaired) electrons. The first kappa shape index (κ1) is 16.8. The minimum absolute atomic E-state index is 0.0792. The van der Waals surface area contributed by atoms with Gasteiger partial charge in [-0.15, -0.1) is 0 Å². The van der Waals surface area contributed by atoms with E-state index < -0.39 is 22.2 Å². The summed E-state index contributed by atoms with van der Waals surface area (Å²) >= 11 is 0. The van der Waals surface area contributed by atoms with Crippen molar-refractivity contribution in [2.75, 3.05) is 23.7 Å². The molecule has 1 amide bonds. The Morgan fingerprint density at radius 2 is 1.95 bits per heavy atom. The van der Waals surface area contributed by atoms with Crippen molar-refractivity contribution in [1.29, 1.82) is 0 Å². The number of benzene rings is 1. The number of hydrogen-bond acceptors (Lipinski definition) is 4. The van der Waals surface area contributed by atoms with Gasteiger partial charge < -0.3 is 4.74 Å². The van der Waals surface area contributed by atoms with Crippen LogP contribution in [0.15, 0.2) is 24.3 Å². The first-order valence-electron chi connectivity index (χ1n) is 7.49. The Morgan fingerprint density at radius 3 is 2.55 bits per heavy atom. The van der Waals surface area contributed by atoms with Crippen molar-refractivity contribution in [2.45, 2.75) is 32.8 Å². The summed E-state index contributed by atoms with van der Waals surface area (Å²) in [5, 5.41) is 0. The summed E-state index contributed by atoms with van der Waals surface area (Å²) in [6.07, 6.45) is 0.580. The van der Waals surface area contributed by atoms with Gasteiger partial charge in [0.1, 0.15) is 6.10 Å². The van der Waals surface area contributed by atoms with Gasteiger partial charge in [-0.25, -0.2) is 17.9 Å². The van der Waals surface area contributed by atoms with E-state index >= 15 is 0 Å². The molecular weight excluding hydrogens is 304 g/mol. The molecule has 1 fully saturated rings. The van der Waals surface area contributed by atoms with Gasteiger partial charge in [0.15, 0.2) is 0 Å². The van der Waals surface area contributed by atoms with Crippen LogP contribution in [0, 0.1) is 0 Å². The van der Waals surface area contributed by atoms with E-state index in [9.17, 15) is 13.2 Å². The van der Waals surface area contributed by atoms with E-state index in [4.69, 9.17) is 4.74 Å². The molecule has 1 aliphatic heterocycles. The van der Waals surface area contributed by atoms with Gasteiger partial charge in [-0.1, -0.05) is 26.0 Å². The summed E-state index contributed by atoms with van der Waals surface area (Å²) in [5.41, 5.74) is 1.96. The maximum Gasteiger partial charge on any atom is 0.414 e. The molecule has 7 heteroatoms. The van der Waals surface area contributed by atoms with Crippen molar-refractivity contribution >= 4 is 21.8 Å². The number of rotatable bonds is 7. The Hall–Kier alpha value is -1.60. The molecule has 1 saturated heterocycles. The smallest absolute Gasteiger partial charge is 0.414 e. The summed E-state index contributed by atoms with van der Waals surface area (Å²) < 4.78 is 31.0. The van der Waals surface area contributed by atoms with Gasteiger partial charge in [0.2, 0.25) is 10.0 Å². The largest absolute Gasteiger partial charge is 0.443 e. The number of amides is 1. The zero-order valence-electron chi connectivity index (χ0n) is 12.9. The zero-order valence-corrected chi connectivity index (χ0v) is 13.7. The number of nitrogens with one attached hydrogen (secondary N) is 1. The summed E-state index contributed by atoms with van der Waals surface area (Å²) in [6, 6.07) is 7.70. The normalized spacial score (nSPS) is 18.5. The Kier molecular flexibility index (Phi) is 5.42. The second-order valence-corrected chi connectivity index (χ2v) is 7.23. The third-order valence-corrected chi connectivity index (χ3v) is 5.09. The van der Waals surface area contributed by atoms with Crippen molar-refractivity contribution in [3.63, 3.8) is 0 Å². The average Bonchev–Trinajstić information content (AvgIpc) is 2.86. The van der Waals surface area contributed by atoms with Gasteiger partial charge in [-0.2, -0.15) is 0 Å². The summed E-state index contributed by atoms with van der Waals surface area (Å²) in [7, 11) is -3.29. The molecule has 1 aromatic rings. The van der Waals surface area contributed by atoms with Crippen LogP contribution >= 0.6 is 0 Å². The average molecular weight is 326 g/mol. The molecule has 1 unspecified atom stereocenters. The van der Waals surface area contributed by atoms with Crippen LogP contribution in [0.4, 0.5) is 10.5 Å². The van der Waals surface area contributed by atoms with Crippen LogP contribution in [-0.4, -0.2) is 39.5 Å². The fourth-order valence-corrected chi connectivity index (χ4v) is 3.43. The second kappa shape index (κ2) is 7.11. The molecule has 6 nitrogen and oxygen atoms in total. The van der Waals surface area contributed by atoms with E-state index in [0.29, 0.717) is 13.0 Å². The standard InChI is InChI=1S/C15H22N2O4S/c1-3-9-22(19,20)16-10-14-11-17(15(18)21-14)13-7-5-12(4-2)6-8-13/h5-8,14,16H,3-4,9-11H2,1-2H3. The second-order valence-electron chi connectivity index (χ2n) is 5.30. The molecule has 1 aliphatic rings. The third kappa shape index (κ3) is 4.20. The Morgan fingerprint density at radius 1 is 1.27 bits per heavy atom. The number of nitrogens with zero attached hydrogens (tertiary/aromatic N) is 1. The number of carbonyl (C=O) groups excluding carboxylic acids is 1. The summed E-state index contributed by atoms with van der Waals surface area (Å²) in [5.74, 6) is 0.0792. The lowest BCUT2D eigenvalue weighted by Crippen LogP contribution is -2.35.